The summed E-state index contributed by atoms with van der Waals surface area (Å²) in [7, 11) is 0. The Morgan fingerprint density at radius 3 is 3.13 bits per heavy atom. The second-order valence-corrected chi connectivity index (χ2v) is 3.50. The van der Waals surface area contributed by atoms with E-state index in [1.54, 1.807) is 12.3 Å². The number of hydrogen-bond acceptors (Lipinski definition) is 4. The Labute approximate surface area is 88.7 Å². The number of nitrogens with one attached hydrogen (secondary N) is 1. The third kappa shape index (κ3) is 2.53. The van der Waals surface area contributed by atoms with Gasteiger partial charge < -0.3 is 5.32 Å². The van der Waals surface area contributed by atoms with E-state index in [1.807, 2.05) is 6.07 Å². The van der Waals surface area contributed by atoms with Gasteiger partial charge in [0.25, 0.3) is 0 Å². The van der Waals surface area contributed by atoms with E-state index in [-0.39, 0.29) is 0 Å². The summed E-state index contributed by atoms with van der Waals surface area (Å²) in [4.78, 5) is 8.16. The molecule has 1 aliphatic carbocycles. The van der Waals surface area contributed by atoms with Crippen LogP contribution < -0.4 is 5.32 Å². The van der Waals surface area contributed by atoms with E-state index in [1.165, 1.54) is 0 Å². The standard InChI is InChI=1S/C11H12N4/c12-8-10-6-7-13-11(15-10)14-9-4-2-1-3-5-9/h1-2,6-7,9H,3-5H2,(H,13,14,15). The zero-order chi connectivity index (χ0) is 10.5. The van der Waals surface area contributed by atoms with Crippen LogP contribution in [0.2, 0.25) is 0 Å². The summed E-state index contributed by atoms with van der Waals surface area (Å²) in [6.07, 6.45) is 9.14. The minimum atomic E-state index is 0.393. The van der Waals surface area contributed by atoms with Gasteiger partial charge in [0.15, 0.2) is 0 Å². The van der Waals surface area contributed by atoms with Gasteiger partial charge in [0, 0.05) is 12.2 Å². The van der Waals surface area contributed by atoms with Crippen molar-refractivity contribution in [3.63, 3.8) is 0 Å². The second-order valence-electron chi connectivity index (χ2n) is 3.50. The van der Waals surface area contributed by atoms with Crippen LogP contribution in [0.25, 0.3) is 0 Å². The molecule has 4 nitrogen and oxygen atoms in total. The topological polar surface area (TPSA) is 61.6 Å². The van der Waals surface area contributed by atoms with Gasteiger partial charge in [0.1, 0.15) is 11.8 Å². The first-order valence-electron chi connectivity index (χ1n) is 5.03. The van der Waals surface area contributed by atoms with Gasteiger partial charge in [-0.15, -0.1) is 0 Å². The summed E-state index contributed by atoms with van der Waals surface area (Å²) in [6, 6.07) is 4.00. The minimum Gasteiger partial charge on any atom is -0.351 e. The fourth-order valence-corrected chi connectivity index (χ4v) is 1.60. The van der Waals surface area contributed by atoms with E-state index in [0.717, 1.165) is 19.3 Å². The molecule has 15 heavy (non-hydrogen) atoms. The molecular weight excluding hydrogens is 188 g/mol. The van der Waals surface area contributed by atoms with Crippen molar-refractivity contribution < 1.29 is 0 Å². The van der Waals surface area contributed by atoms with E-state index < -0.39 is 0 Å². The van der Waals surface area contributed by atoms with Crippen molar-refractivity contribution in [2.45, 2.75) is 25.3 Å². The molecule has 0 spiro atoms. The molecule has 1 aromatic rings. The lowest BCUT2D eigenvalue weighted by molar-refractivity contribution is 0.638. The second kappa shape index (κ2) is 4.56. The van der Waals surface area contributed by atoms with Crippen LogP contribution in [0.1, 0.15) is 25.0 Å². The van der Waals surface area contributed by atoms with Crippen LogP contribution in [0.4, 0.5) is 5.95 Å². The predicted octanol–water partition coefficient (Wildman–Crippen LogP) is 1.87. The zero-order valence-electron chi connectivity index (χ0n) is 8.35. The van der Waals surface area contributed by atoms with Gasteiger partial charge in [-0.3, -0.25) is 0 Å². The number of anilines is 1. The molecule has 0 saturated heterocycles. The SMILES string of the molecule is N#Cc1ccnc(NC2CC=CCC2)n1. The van der Waals surface area contributed by atoms with Crippen molar-refractivity contribution in [3.8, 4) is 6.07 Å². The van der Waals surface area contributed by atoms with Crippen LogP contribution in [0.3, 0.4) is 0 Å². The molecule has 76 valence electrons. The van der Waals surface area contributed by atoms with Crippen molar-refractivity contribution in [2.24, 2.45) is 0 Å². The average Bonchev–Trinajstić information content (AvgIpc) is 2.31. The smallest absolute Gasteiger partial charge is 0.224 e. The summed E-state index contributed by atoms with van der Waals surface area (Å²) >= 11 is 0. The summed E-state index contributed by atoms with van der Waals surface area (Å²) in [5.74, 6) is 0.550. The first kappa shape index (κ1) is 9.66. The molecule has 2 rings (SSSR count). The van der Waals surface area contributed by atoms with E-state index in [2.05, 4.69) is 27.4 Å². The number of rotatable bonds is 2. The van der Waals surface area contributed by atoms with E-state index in [0.29, 0.717) is 17.7 Å². The van der Waals surface area contributed by atoms with Crippen LogP contribution >= 0.6 is 0 Å². The highest BCUT2D eigenvalue weighted by Gasteiger charge is 2.10. The highest BCUT2D eigenvalue weighted by Crippen LogP contribution is 2.14. The van der Waals surface area contributed by atoms with Gasteiger partial charge in [-0.2, -0.15) is 5.26 Å². The summed E-state index contributed by atoms with van der Waals surface area (Å²) in [5.41, 5.74) is 0.402. The highest BCUT2D eigenvalue weighted by molar-refractivity contribution is 5.31. The third-order valence-electron chi connectivity index (χ3n) is 2.37. The van der Waals surface area contributed by atoms with Crippen LogP contribution in [-0.2, 0) is 0 Å². The van der Waals surface area contributed by atoms with Gasteiger partial charge in [0.2, 0.25) is 5.95 Å². The lowest BCUT2D eigenvalue weighted by Crippen LogP contribution is -2.21. The van der Waals surface area contributed by atoms with Crippen LogP contribution in [0.15, 0.2) is 24.4 Å². The molecule has 0 fully saturated rings. The lowest BCUT2D eigenvalue weighted by Gasteiger charge is -2.18. The lowest BCUT2D eigenvalue weighted by atomic mass is 10.0. The molecule has 0 saturated carbocycles. The molecule has 1 aliphatic rings. The maximum Gasteiger partial charge on any atom is 0.224 e. The molecule has 1 unspecified atom stereocenters. The molecule has 0 aromatic carbocycles. The first-order chi connectivity index (χ1) is 7.38. The number of hydrogen-bond donors (Lipinski definition) is 1. The molecule has 1 atom stereocenters. The maximum absolute atomic E-state index is 8.69. The number of aromatic nitrogens is 2. The van der Waals surface area contributed by atoms with Crippen molar-refractivity contribution in [1.82, 2.24) is 9.97 Å². The Morgan fingerprint density at radius 2 is 2.40 bits per heavy atom. The van der Waals surface area contributed by atoms with Crippen LogP contribution in [0.5, 0.6) is 0 Å². The fraction of sp³-hybridized carbons (Fsp3) is 0.364. The van der Waals surface area contributed by atoms with Gasteiger partial charge in [-0.25, -0.2) is 9.97 Å². The molecule has 1 N–H and O–H groups in total. The number of nitrogens with zero attached hydrogens (tertiary/aromatic N) is 3. The van der Waals surface area contributed by atoms with Gasteiger partial charge in [-0.05, 0) is 25.3 Å². The van der Waals surface area contributed by atoms with Crippen molar-refractivity contribution >= 4 is 5.95 Å². The fourth-order valence-electron chi connectivity index (χ4n) is 1.60. The van der Waals surface area contributed by atoms with Crippen LogP contribution in [-0.4, -0.2) is 16.0 Å². The molecule has 1 aromatic heterocycles. The maximum atomic E-state index is 8.69. The van der Waals surface area contributed by atoms with Gasteiger partial charge >= 0.3 is 0 Å². The number of allylic oxidation sites excluding steroid dienone is 1. The van der Waals surface area contributed by atoms with Gasteiger partial charge in [-0.1, -0.05) is 12.2 Å². The normalized spacial score (nSPS) is 19.5. The van der Waals surface area contributed by atoms with E-state index in [4.69, 9.17) is 5.26 Å². The summed E-state index contributed by atoms with van der Waals surface area (Å²) in [5, 5.41) is 11.9. The predicted molar refractivity (Wildman–Crippen MR) is 57.1 cm³/mol. The minimum absolute atomic E-state index is 0.393. The Morgan fingerprint density at radius 1 is 1.47 bits per heavy atom. The Hall–Kier alpha value is -1.89. The highest BCUT2D eigenvalue weighted by atomic mass is 15.1. The Bertz CT molecular complexity index is 405. The quantitative estimate of drug-likeness (QED) is 0.740. The third-order valence-corrected chi connectivity index (χ3v) is 2.37. The molecular formula is C11H12N4. The van der Waals surface area contributed by atoms with Crippen molar-refractivity contribution in [2.75, 3.05) is 5.32 Å². The molecule has 0 radical (unpaired) electrons. The van der Waals surface area contributed by atoms with E-state index in [9.17, 15) is 0 Å². The Balaban J connectivity index is 2.04. The first-order valence-corrected chi connectivity index (χ1v) is 5.03. The molecule has 0 bridgehead atoms. The molecule has 1 heterocycles. The zero-order valence-corrected chi connectivity index (χ0v) is 8.35. The van der Waals surface area contributed by atoms with Crippen molar-refractivity contribution in [3.05, 3.63) is 30.1 Å². The van der Waals surface area contributed by atoms with Gasteiger partial charge in [0.05, 0.1) is 0 Å². The molecule has 0 aliphatic heterocycles. The van der Waals surface area contributed by atoms with E-state index >= 15 is 0 Å². The largest absolute Gasteiger partial charge is 0.351 e. The van der Waals surface area contributed by atoms with Crippen molar-refractivity contribution in [1.29, 1.82) is 5.26 Å². The Kier molecular flexibility index (Phi) is 2.93. The average molecular weight is 200 g/mol. The molecule has 0 amide bonds. The summed E-state index contributed by atoms with van der Waals surface area (Å²) in [6.45, 7) is 0. The number of nitriles is 1. The van der Waals surface area contributed by atoms with Crippen LogP contribution in [0, 0.1) is 11.3 Å². The monoisotopic (exact) mass is 200 g/mol. The summed E-state index contributed by atoms with van der Waals surface area (Å²) < 4.78 is 0. The molecule has 4 heteroatoms.